The van der Waals surface area contributed by atoms with Crippen molar-refractivity contribution in [3.05, 3.63) is 23.8 Å². The molecule has 0 fully saturated rings. The first-order valence-corrected chi connectivity index (χ1v) is 5.82. The smallest absolute Gasteiger partial charge is 0.240 e. The minimum atomic E-state index is -0.751. The molecule has 2 rings (SSSR count). The van der Waals surface area contributed by atoms with Crippen molar-refractivity contribution in [2.45, 2.75) is 20.3 Å². The van der Waals surface area contributed by atoms with Crippen LogP contribution in [-0.2, 0) is 16.0 Å². The molecule has 1 aliphatic heterocycles. The molecule has 1 aromatic carbocycles. The molecule has 0 saturated heterocycles. The number of fused-ring (bicyclic) bond motifs is 1. The third kappa shape index (κ3) is 1.86. The second-order valence-corrected chi connectivity index (χ2v) is 5.19. The molecular weight excluding hydrogens is 230 g/mol. The maximum Gasteiger partial charge on any atom is 0.240 e. The molecule has 18 heavy (non-hydrogen) atoms. The van der Waals surface area contributed by atoms with E-state index in [2.05, 4.69) is 0 Å². The number of amides is 2. The number of nitrogens with zero attached hydrogens (tertiary/aromatic N) is 1. The Morgan fingerprint density at radius 3 is 2.72 bits per heavy atom. The summed E-state index contributed by atoms with van der Waals surface area (Å²) >= 11 is 0. The molecule has 1 aliphatic rings. The van der Waals surface area contributed by atoms with E-state index in [4.69, 9.17) is 11.5 Å². The van der Waals surface area contributed by atoms with E-state index in [0.717, 1.165) is 5.56 Å². The minimum absolute atomic E-state index is 0.194. The summed E-state index contributed by atoms with van der Waals surface area (Å²) < 4.78 is 0. The third-order valence-corrected chi connectivity index (χ3v) is 3.23. The summed E-state index contributed by atoms with van der Waals surface area (Å²) in [4.78, 5) is 25.5. The van der Waals surface area contributed by atoms with Crippen molar-refractivity contribution in [3.63, 3.8) is 0 Å². The number of rotatable bonds is 2. The number of carbonyl (C=O) groups is 2. The molecule has 0 spiro atoms. The zero-order valence-corrected chi connectivity index (χ0v) is 10.6. The number of anilines is 2. The first kappa shape index (κ1) is 12.6. The van der Waals surface area contributed by atoms with Gasteiger partial charge >= 0.3 is 0 Å². The van der Waals surface area contributed by atoms with Crippen molar-refractivity contribution in [2.24, 2.45) is 11.1 Å². The Labute approximate surface area is 106 Å². The van der Waals surface area contributed by atoms with Gasteiger partial charge in [-0.1, -0.05) is 0 Å². The maximum absolute atomic E-state index is 12.4. The van der Waals surface area contributed by atoms with Crippen LogP contribution in [0.2, 0.25) is 0 Å². The van der Waals surface area contributed by atoms with Gasteiger partial charge in [-0.05, 0) is 37.6 Å². The SMILES string of the molecule is CC(C)(CN)C(=O)N1C(=O)Cc2cc(N)ccc21. The van der Waals surface area contributed by atoms with Gasteiger partial charge in [0.25, 0.3) is 0 Å². The van der Waals surface area contributed by atoms with Gasteiger partial charge in [-0.25, -0.2) is 4.90 Å². The fraction of sp³-hybridized carbons (Fsp3) is 0.385. The topological polar surface area (TPSA) is 89.4 Å². The van der Waals surface area contributed by atoms with Gasteiger partial charge in [0.15, 0.2) is 0 Å². The molecule has 0 unspecified atom stereocenters. The molecule has 5 heteroatoms. The van der Waals surface area contributed by atoms with Crippen molar-refractivity contribution in [1.82, 2.24) is 0 Å². The van der Waals surface area contributed by atoms with Gasteiger partial charge in [-0.15, -0.1) is 0 Å². The number of nitrogens with two attached hydrogens (primary N) is 2. The van der Waals surface area contributed by atoms with Crippen LogP contribution in [0.5, 0.6) is 0 Å². The van der Waals surface area contributed by atoms with Crippen molar-refractivity contribution in [3.8, 4) is 0 Å². The number of nitrogen functional groups attached to an aromatic ring is 1. The Morgan fingerprint density at radius 2 is 2.11 bits per heavy atom. The molecule has 0 aliphatic carbocycles. The van der Waals surface area contributed by atoms with Crippen molar-refractivity contribution in [1.29, 1.82) is 0 Å². The number of carbonyl (C=O) groups excluding carboxylic acids is 2. The van der Waals surface area contributed by atoms with Gasteiger partial charge < -0.3 is 11.5 Å². The molecular formula is C13H17N3O2. The van der Waals surface area contributed by atoms with E-state index in [0.29, 0.717) is 11.4 Å². The lowest BCUT2D eigenvalue weighted by Crippen LogP contribution is -2.46. The average Bonchev–Trinajstić information content (AvgIpc) is 2.63. The van der Waals surface area contributed by atoms with Crippen LogP contribution in [-0.4, -0.2) is 18.4 Å². The van der Waals surface area contributed by atoms with Gasteiger partial charge in [0.1, 0.15) is 0 Å². The van der Waals surface area contributed by atoms with Crippen LogP contribution in [0.1, 0.15) is 19.4 Å². The van der Waals surface area contributed by atoms with Gasteiger partial charge in [0, 0.05) is 12.2 Å². The Hall–Kier alpha value is -1.88. The molecule has 0 radical (unpaired) electrons. The van der Waals surface area contributed by atoms with E-state index in [1.807, 2.05) is 0 Å². The largest absolute Gasteiger partial charge is 0.399 e. The normalized spacial score (nSPS) is 14.8. The van der Waals surface area contributed by atoms with Gasteiger partial charge in [0.2, 0.25) is 11.8 Å². The molecule has 0 aromatic heterocycles. The Morgan fingerprint density at radius 1 is 1.44 bits per heavy atom. The molecule has 5 nitrogen and oxygen atoms in total. The summed E-state index contributed by atoms with van der Waals surface area (Å²) in [6.07, 6.45) is 0.215. The highest BCUT2D eigenvalue weighted by molar-refractivity contribution is 6.20. The molecule has 4 N–H and O–H groups in total. The zero-order chi connectivity index (χ0) is 13.5. The molecule has 96 valence electrons. The molecule has 1 heterocycles. The van der Waals surface area contributed by atoms with Gasteiger partial charge in [0.05, 0.1) is 17.5 Å². The van der Waals surface area contributed by atoms with E-state index < -0.39 is 5.41 Å². The quantitative estimate of drug-likeness (QED) is 0.752. The fourth-order valence-electron chi connectivity index (χ4n) is 1.95. The predicted octanol–water partition coefficient (Wildman–Crippen LogP) is 0.669. The highest BCUT2D eigenvalue weighted by Crippen LogP contribution is 2.33. The number of hydrogen-bond donors (Lipinski definition) is 2. The summed E-state index contributed by atoms with van der Waals surface area (Å²) in [5.74, 6) is -0.486. The molecule has 0 saturated carbocycles. The van der Waals surface area contributed by atoms with Crippen LogP contribution in [0, 0.1) is 5.41 Å². The van der Waals surface area contributed by atoms with Gasteiger partial charge in [-0.2, -0.15) is 0 Å². The maximum atomic E-state index is 12.4. The lowest BCUT2D eigenvalue weighted by atomic mass is 9.92. The molecule has 1 aromatic rings. The first-order valence-electron chi connectivity index (χ1n) is 5.82. The van der Waals surface area contributed by atoms with Crippen LogP contribution in [0.3, 0.4) is 0 Å². The van der Waals surface area contributed by atoms with Gasteiger partial charge in [-0.3, -0.25) is 9.59 Å². The predicted molar refractivity (Wildman–Crippen MR) is 69.9 cm³/mol. The third-order valence-electron chi connectivity index (χ3n) is 3.23. The van der Waals surface area contributed by atoms with E-state index >= 15 is 0 Å². The number of hydrogen-bond acceptors (Lipinski definition) is 4. The van der Waals surface area contributed by atoms with Crippen LogP contribution < -0.4 is 16.4 Å². The summed E-state index contributed by atoms with van der Waals surface area (Å²) in [5, 5.41) is 0. The monoisotopic (exact) mass is 247 g/mol. The molecule has 2 amide bonds. The number of benzene rings is 1. The summed E-state index contributed by atoms with van der Waals surface area (Å²) in [7, 11) is 0. The first-order chi connectivity index (χ1) is 8.36. The summed E-state index contributed by atoms with van der Waals surface area (Å²) in [6, 6.07) is 5.13. The van der Waals surface area contributed by atoms with Crippen LogP contribution in [0.15, 0.2) is 18.2 Å². The lowest BCUT2D eigenvalue weighted by molar-refractivity contribution is -0.130. The average molecular weight is 247 g/mol. The van der Waals surface area contributed by atoms with E-state index in [-0.39, 0.29) is 24.8 Å². The second kappa shape index (κ2) is 4.10. The van der Waals surface area contributed by atoms with Crippen LogP contribution >= 0.6 is 0 Å². The summed E-state index contributed by atoms with van der Waals surface area (Å²) in [5.41, 5.74) is 12.5. The minimum Gasteiger partial charge on any atom is -0.399 e. The molecule has 0 bridgehead atoms. The Kier molecular flexibility index (Phi) is 2.86. The van der Waals surface area contributed by atoms with Crippen LogP contribution in [0.4, 0.5) is 11.4 Å². The highest BCUT2D eigenvalue weighted by Gasteiger charge is 2.39. The van der Waals surface area contributed by atoms with Crippen molar-refractivity contribution >= 4 is 23.2 Å². The van der Waals surface area contributed by atoms with E-state index in [9.17, 15) is 9.59 Å². The summed E-state index contributed by atoms with van der Waals surface area (Å²) in [6.45, 7) is 3.66. The van der Waals surface area contributed by atoms with E-state index in [1.165, 1.54) is 4.90 Å². The Balaban J connectivity index is 2.43. The molecule has 0 atom stereocenters. The van der Waals surface area contributed by atoms with Crippen molar-refractivity contribution in [2.75, 3.05) is 17.2 Å². The van der Waals surface area contributed by atoms with E-state index in [1.54, 1.807) is 32.0 Å². The lowest BCUT2D eigenvalue weighted by Gasteiger charge is -2.27. The fourth-order valence-corrected chi connectivity index (χ4v) is 1.95. The standard InChI is InChI=1S/C13H17N3O2/c1-13(2,7-14)12(18)16-10-4-3-9(15)5-8(10)6-11(16)17/h3-5H,6-7,14-15H2,1-2H3. The second-order valence-electron chi connectivity index (χ2n) is 5.19. The van der Waals surface area contributed by atoms with Crippen molar-refractivity contribution < 1.29 is 9.59 Å². The zero-order valence-electron chi connectivity index (χ0n) is 10.6. The Bertz CT molecular complexity index is 523. The highest BCUT2D eigenvalue weighted by atomic mass is 16.2. The number of imide groups is 1. The van der Waals surface area contributed by atoms with Crippen LogP contribution in [0.25, 0.3) is 0 Å².